The van der Waals surface area contributed by atoms with Crippen molar-refractivity contribution < 1.29 is 23.5 Å². The molecule has 0 spiro atoms. The fourth-order valence-electron chi connectivity index (χ4n) is 4.22. The van der Waals surface area contributed by atoms with Crippen LogP contribution in [0.2, 0.25) is 18.1 Å². The number of hydrogen-bond donors (Lipinski definition) is 0. The van der Waals surface area contributed by atoms with E-state index in [1.54, 1.807) is 9.80 Å². The topological polar surface area (TPSA) is 68.3 Å². The van der Waals surface area contributed by atoms with Gasteiger partial charge in [0.1, 0.15) is 6.61 Å². The zero-order valence-corrected chi connectivity index (χ0v) is 22.9. The molecule has 0 aromatic heterocycles. The van der Waals surface area contributed by atoms with Crippen molar-refractivity contribution in [1.82, 2.24) is 9.80 Å². The minimum Gasteiger partial charge on any atom is -0.453 e. The van der Waals surface area contributed by atoms with Crippen LogP contribution in [-0.4, -0.2) is 68.7 Å². The van der Waals surface area contributed by atoms with E-state index < -0.39 is 8.32 Å². The highest BCUT2D eigenvalue weighted by Crippen LogP contribution is 2.39. The number of carbonyl (C=O) groups is 2. The van der Waals surface area contributed by atoms with Crippen LogP contribution in [0, 0.1) is 0 Å². The first-order valence-corrected chi connectivity index (χ1v) is 15.3. The Morgan fingerprint density at radius 2 is 1.51 bits per heavy atom. The number of carbonyl (C=O) groups excluding carboxylic acids is 2. The summed E-state index contributed by atoms with van der Waals surface area (Å²) in [6.07, 6.45) is 8.61. The minimum absolute atomic E-state index is 0.0403. The molecule has 2 heterocycles. The van der Waals surface area contributed by atoms with Crippen molar-refractivity contribution in [2.75, 3.05) is 20.2 Å². The SMILES string of the molecule is COC(=O)N1CC=C[C@H]1C[C@H](C[C@@H]1C=CCN1C(=O)OCc1ccccc1)O[Si](C)(C)C(C)(C)C. The molecule has 0 N–H and O–H groups in total. The van der Waals surface area contributed by atoms with Gasteiger partial charge in [-0.15, -0.1) is 0 Å². The van der Waals surface area contributed by atoms with E-state index in [1.165, 1.54) is 7.11 Å². The van der Waals surface area contributed by atoms with Gasteiger partial charge in [0, 0.05) is 19.2 Å². The molecule has 3 rings (SSSR count). The van der Waals surface area contributed by atoms with Gasteiger partial charge in [-0.2, -0.15) is 0 Å². The largest absolute Gasteiger partial charge is 0.453 e. The average Bonchev–Trinajstić information content (AvgIpc) is 3.46. The predicted molar refractivity (Wildman–Crippen MR) is 140 cm³/mol. The minimum atomic E-state index is -2.10. The number of methoxy groups -OCH3 is 1. The van der Waals surface area contributed by atoms with Crippen molar-refractivity contribution in [3.63, 3.8) is 0 Å². The van der Waals surface area contributed by atoms with E-state index in [9.17, 15) is 9.59 Å². The molecule has 2 aliphatic heterocycles. The standard InChI is InChI=1S/C27H40N2O5Si/c1-27(2,3)35(5,6)34-24(18-22-14-10-16-28(22)25(30)32-4)19-23-15-11-17-29(23)26(31)33-20-21-12-8-7-9-13-21/h7-15,22-24H,16-20H2,1-6H3/t22-,23-,24+/m0/s1. The lowest BCUT2D eigenvalue weighted by molar-refractivity contribution is 0.0739. The molecule has 0 saturated carbocycles. The van der Waals surface area contributed by atoms with Crippen LogP contribution in [0.15, 0.2) is 54.6 Å². The van der Waals surface area contributed by atoms with Gasteiger partial charge >= 0.3 is 12.2 Å². The van der Waals surface area contributed by atoms with E-state index in [1.807, 2.05) is 42.5 Å². The molecule has 2 aliphatic rings. The van der Waals surface area contributed by atoms with Crippen molar-refractivity contribution >= 4 is 20.5 Å². The Morgan fingerprint density at radius 3 is 2.03 bits per heavy atom. The van der Waals surface area contributed by atoms with Gasteiger partial charge in [0.25, 0.3) is 0 Å². The lowest BCUT2D eigenvalue weighted by Gasteiger charge is -2.41. The van der Waals surface area contributed by atoms with Crippen LogP contribution in [0.3, 0.4) is 0 Å². The van der Waals surface area contributed by atoms with Gasteiger partial charge < -0.3 is 13.9 Å². The average molecular weight is 501 g/mol. The van der Waals surface area contributed by atoms with Gasteiger partial charge in [-0.1, -0.05) is 75.4 Å². The smallest absolute Gasteiger partial charge is 0.410 e. The second kappa shape index (κ2) is 11.4. The van der Waals surface area contributed by atoms with Crippen molar-refractivity contribution in [3.05, 3.63) is 60.2 Å². The molecule has 2 amide bonds. The second-order valence-electron chi connectivity index (χ2n) is 10.8. The summed E-state index contributed by atoms with van der Waals surface area (Å²) in [4.78, 5) is 28.7. The van der Waals surface area contributed by atoms with Gasteiger partial charge in [-0.25, -0.2) is 9.59 Å². The molecule has 1 aromatic carbocycles. The van der Waals surface area contributed by atoms with Crippen molar-refractivity contribution in [2.24, 2.45) is 0 Å². The molecule has 0 unspecified atom stereocenters. The lowest BCUT2D eigenvalue weighted by Crippen LogP contribution is -2.48. The molecule has 7 nitrogen and oxygen atoms in total. The maximum atomic E-state index is 12.9. The molecule has 0 bridgehead atoms. The summed E-state index contributed by atoms with van der Waals surface area (Å²) < 4.78 is 17.4. The number of nitrogens with zero attached hydrogens (tertiary/aromatic N) is 2. The molecule has 35 heavy (non-hydrogen) atoms. The fourth-order valence-corrected chi connectivity index (χ4v) is 5.60. The number of hydrogen-bond acceptors (Lipinski definition) is 5. The van der Waals surface area contributed by atoms with Crippen LogP contribution < -0.4 is 0 Å². The van der Waals surface area contributed by atoms with Crippen LogP contribution in [-0.2, 0) is 20.5 Å². The summed E-state index contributed by atoms with van der Waals surface area (Å²) >= 11 is 0. The van der Waals surface area contributed by atoms with Gasteiger partial charge in [0.05, 0.1) is 19.2 Å². The molecule has 192 valence electrons. The predicted octanol–water partition coefficient (Wildman–Crippen LogP) is 5.74. The molecule has 0 fully saturated rings. The van der Waals surface area contributed by atoms with Gasteiger partial charge in [-0.05, 0) is 36.5 Å². The summed E-state index contributed by atoms with van der Waals surface area (Å²) in [5, 5.41) is 0.0403. The maximum absolute atomic E-state index is 12.9. The number of amides is 2. The second-order valence-corrected chi connectivity index (χ2v) is 15.5. The molecular formula is C27H40N2O5Si. The first-order valence-electron chi connectivity index (χ1n) is 12.3. The summed E-state index contributed by atoms with van der Waals surface area (Å²) in [6.45, 7) is 12.4. The maximum Gasteiger partial charge on any atom is 0.410 e. The molecule has 3 atom stereocenters. The molecule has 8 heteroatoms. The molecule has 0 aliphatic carbocycles. The summed E-state index contributed by atoms with van der Waals surface area (Å²) in [5.74, 6) is 0. The van der Waals surface area contributed by atoms with Crippen LogP contribution in [0.1, 0.15) is 39.2 Å². The highest BCUT2D eigenvalue weighted by Gasteiger charge is 2.41. The number of benzene rings is 1. The van der Waals surface area contributed by atoms with E-state index in [4.69, 9.17) is 13.9 Å². The summed E-state index contributed by atoms with van der Waals surface area (Å²) in [7, 11) is -0.689. The summed E-state index contributed by atoms with van der Waals surface area (Å²) in [5.41, 5.74) is 0.958. The van der Waals surface area contributed by atoms with Gasteiger partial charge in [-0.3, -0.25) is 9.80 Å². The highest BCUT2D eigenvalue weighted by atomic mass is 28.4. The van der Waals surface area contributed by atoms with Crippen molar-refractivity contribution in [2.45, 2.75) is 76.5 Å². The van der Waals surface area contributed by atoms with Crippen LogP contribution in [0.4, 0.5) is 9.59 Å². The zero-order valence-electron chi connectivity index (χ0n) is 21.9. The monoisotopic (exact) mass is 500 g/mol. The van der Waals surface area contributed by atoms with Crippen LogP contribution in [0.25, 0.3) is 0 Å². The Hall–Kier alpha value is -2.58. The van der Waals surface area contributed by atoms with E-state index in [0.29, 0.717) is 25.9 Å². The van der Waals surface area contributed by atoms with Crippen molar-refractivity contribution in [3.8, 4) is 0 Å². The Morgan fingerprint density at radius 1 is 0.971 bits per heavy atom. The van der Waals surface area contributed by atoms with E-state index >= 15 is 0 Å². The molecule has 0 radical (unpaired) electrons. The molecule has 1 aromatic rings. The Bertz CT molecular complexity index is 925. The molecular weight excluding hydrogens is 460 g/mol. The Kier molecular flexibility index (Phi) is 8.83. The van der Waals surface area contributed by atoms with Crippen molar-refractivity contribution in [1.29, 1.82) is 0 Å². The normalized spacial score (nSPS) is 20.9. The third-order valence-electron chi connectivity index (χ3n) is 7.25. The first kappa shape index (κ1) is 27.0. The van der Waals surface area contributed by atoms with E-state index in [0.717, 1.165) is 5.56 Å². The molecule has 0 saturated heterocycles. The van der Waals surface area contributed by atoms with E-state index in [2.05, 4.69) is 46.0 Å². The van der Waals surface area contributed by atoms with Crippen LogP contribution >= 0.6 is 0 Å². The van der Waals surface area contributed by atoms with E-state index in [-0.39, 0.29) is 42.0 Å². The number of rotatable bonds is 8. The van der Waals surface area contributed by atoms with Gasteiger partial charge in [0.2, 0.25) is 0 Å². The zero-order chi connectivity index (χ0) is 25.6. The Labute approximate surface area is 210 Å². The lowest BCUT2D eigenvalue weighted by atomic mass is 10.0. The third-order valence-corrected chi connectivity index (χ3v) is 11.8. The Balaban J connectivity index is 1.71. The fraction of sp³-hybridized carbons (Fsp3) is 0.556. The number of ether oxygens (including phenoxy) is 2. The highest BCUT2D eigenvalue weighted by molar-refractivity contribution is 6.74. The summed E-state index contributed by atoms with van der Waals surface area (Å²) in [6, 6.07) is 9.47. The van der Waals surface area contributed by atoms with Crippen LogP contribution in [0.5, 0.6) is 0 Å². The van der Waals surface area contributed by atoms with Gasteiger partial charge in [0.15, 0.2) is 8.32 Å². The third kappa shape index (κ3) is 6.98. The quantitative estimate of drug-likeness (QED) is 0.336. The first-order chi connectivity index (χ1) is 16.5.